The molecular formula is C15H20N4O. The van der Waals surface area contributed by atoms with Crippen molar-refractivity contribution in [2.75, 3.05) is 31.6 Å². The minimum absolute atomic E-state index is 0.127. The van der Waals surface area contributed by atoms with Gasteiger partial charge in [0.05, 0.1) is 17.8 Å². The van der Waals surface area contributed by atoms with Gasteiger partial charge in [0.25, 0.3) is 0 Å². The molecule has 106 valence electrons. The van der Waals surface area contributed by atoms with Crippen molar-refractivity contribution in [3.63, 3.8) is 0 Å². The van der Waals surface area contributed by atoms with Crippen LogP contribution in [-0.2, 0) is 0 Å². The molecule has 1 aromatic carbocycles. The van der Waals surface area contributed by atoms with Crippen LogP contribution in [0.1, 0.15) is 24.5 Å². The van der Waals surface area contributed by atoms with E-state index in [-0.39, 0.29) is 6.61 Å². The fourth-order valence-electron chi connectivity index (χ4n) is 2.81. The molecule has 1 aliphatic rings. The van der Waals surface area contributed by atoms with Crippen molar-refractivity contribution < 1.29 is 5.11 Å². The molecule has 20 heavy (non-hydrogen) atoms. The summed E-state index contributed by atoms with van der Waals surface area (Å²) in [5, 5.41) is 16.6. The van der Waals surface area contributed by atoms with Gasteiger partial charge in [-0.05, 0) is 44.1 Å². The van der Waals surface area contributed by atoms with E-state index in [1.54, 1.807) is 6.33 Å². The number of hydrogen-bond donors (Lipinski definition) is 3. The zero-order valence-corrected chi connectivity index (χ0v) is 11.5. The molecule has 0 aliphatic carbocycles. The summed E-state index contributed by atoms with van der Waals surface area (Å²) < 4.78 is 0. The fraction of sp³-hybridized carbons (Fsp3) is 0.467. The van der Waals surface area contributed by atoms with Crippen LogP contribution < -0.4 is 10.6 Å². The minimum atomic E-state index is 0.127. The molecule has 2 heterocycles. The molecule has 0 amide bonds. The standard InChI is InChI=1S/C15H20N4O/c20-8-7-17-12-1-2-13-14(9-12)18-10-19-15(13)11-3-5-16-6-4-11/h1-2,9-11,16-17,20H,3-8H2. The first-order valence-corrected chi connectivity index (χ1v) is 7.18. The third-order valence-electron chi connectivity index (χ3n) is 3.83. The van der Waals surface area contributed by atoms with Crippen LogP contribution in [0, 0.1) is 0 Å². The maximum Gasteiger partial charge on any atom is 0.116 e. The van der Waals surface area contributed by atoms with E-state index in [0.29, 0.717) is 12.5 Å². The second-order valence-corrected chi connectivity index (χ2v) is 5.17. The highest BCUT2D eigenvalue weighted by atomic mass is 16.3. The molecule has 0 bridgehead atoms. The summed E-state index contributed by atoms with van der Waals surface area (Å²) in [5.41, 5.74) is 3.13. The van der Waals surface area contributed by atoms with Gasteiger partial charge in [0.2, 0.25) is 0 Å². The maximum atomic E-state index is 8.86. The topological polar surface area (TPSA) is 70.1 Å². The van der Waals surface area contributed by atoms with Gasteiger partial charge in [0.15, 0.2) is 0 Å². The van der Waals surface area contributed by atoms with Crippen molar-refractivity contribution in [1.29, 1.82) is 0 Å². The van der Waals surface area contributed by atoms with Crippen molar-refractivity contribution in [2.45, 2.75) is 18.8 Å². The Kier molecular flexibility index (Phi) is 4.08. The van der Waals surface area contributed by atoms with Crippen LogP contribution in [0.4, 0.5) is 5.69 Å². The van der Waals surface area contributed by atoms with Crippen molar-refractivity contribution >= 4 is 16.6 Å². The van der Waals surface area contributed by atoms with E-state index in [1.807, 2.05) is 12.1 Å². The van der Waals surface area contributed by atoms with Crippen LogP contribution in [0.2, 0.25) is 0 Å². The molecular weight excluding hydrogens is 252 g/mol. The SMILES string of the molecule is OCCNc1ccc2c(C3CCNCC3)ncnc2c1. The van der Waals surface area contributed by atoms with Gasteiger partial charge in [0.1, 0.15) is 6.33 Å². The van der Waals surface area contributed by atoms with Crippen molar-refractivity contribution in [2.24, 2.45) is 0 Å². The predicted molar refractivity (Wildman–Crippen MR) is 80.0 cm³/mol. The summed E-state index contributed by atoms with van der Waals surface area (Å²) in [6.07, 6.45) is 3.93. The number of rotatable bonds is 4. The van der Waals surface area contributed by atoms with Crippen LogP contribution in [0.15, 0.2) is 24.5 Å². The second-order valence-electron chi connectivity index (χ2n) is 5.17. The Morgan fingerprint density at radius 2 is 2.10 bits per heavy atom. The maximum absolute atomic E-state index is 8.86. The quantitative estimate of drug-likeness (QED) is 0.787. The molecule has 3 rings (SSSR count). The van der Waals surface area contributed by atoms with E-state index in [2.05, 4.69) is 26.7 Å². The first kappa shape index (κ1) is 13.3. The second kappa shape index (κ2) is 6.15. The van der Waals surface area contributed by atoms with Gasteiger partial charge in [-0.1, -0.05) is 0 Å². The van der Waals surface area contributed by atoms with Gasteiger partial charge in [-0.25, -0.2) is 9.97 Å². The fourth-order valence-corrected chi connectivity index (χ4v) is 2.81. The number of aromatic nitrogens is 2. The molecule has 0 spiro atoms. The Balaban J connectivity index is 1.93. The molecule has 0 unspecified atom stereocenters. The number of benzene rings is 1. The molecule has 5 nitrogen and oxygen atoms in total. The zero-order valence-electron chi connectivity index (χ0n) is 11.5. The first-order valence-electron chi connectivity index (χ1n) is 7.18. The molecule has 5 heteroatoms. The number of piperidine rings is 1. The smallest absolute Gasteiger partial charge is 0.116 e. The van der Waals surface area contributed by atoms with E-state index >= 15 is 0 Å². The number of fused-ring (bicyclic) bond motifs is 1. The molecule has 2 aromatic rings. The van der Waals surface area contributed by atoms with Crippen LogP contribution in [0.5, 0.6) is 0 Å². The molecule has 3 N–H and O–H groups in total. The third kappa shape index (κ3) is 2.73. The molecule has 0 saturated carbocycles. The summed E-state index contributed by atoms with van der Waals surface area (Å²) >= 11 is 0. The summed E-state index contributed by atoms with van der Waals surface area (Å²) in [4.78, 5) is 8.90. The largest absolute Gasteiger partial charge is 0.395 e. The lowest BCUT2D eigenvalue weighted by atomic mass is 9.92. The number of aliphatic hydroxyl groups is 1. The Morgan fingerprint density at radius 3 is 2.90 bits per heavy atom. The molecule has 1 saturated heterocycles. The Bertz CT molecular complexity index is 581. The number of anilines is 1. The van der Waals surface area contributed by atoms with E-state index < -0.39 is 0 Å². The van der Waals surface area contributed by atoms with Gasteiger partial charge in [-0.15, -0.1) is 0 Å². The number of aliphatic hydroxyl groups excluding tert-OH is 1. The van der Waals surface area contributed by atoms with Crippen LogP contribution in [0.25, 0.3) is 10.9 Å². The molecule has 1 aromatic heterocycles. The lowest BCUT2D eigenvalue weighted by molar-refractivity contribution is 0.311. The summed E-state index contributed by atoms with van der Waals surface area (Å²) in [5.74, 6) is 0.526. The monoisotopic (exact) mass is 272 g/mol. The summed E-state index contributed by atoms with van der Waals surface area (Å²) in [6.45, 7) is 2.80. The van der Waals surface area contributed by atoms with Crippen molar-refractivity contribution in [3.8, 4) is 0 Å². The third-order valence-corrected chi connectivity index (χ3v) is 3.83. The van der Waals surface area contributed by atoms with Gasteiger partial charge in [-0.3, -0.25) is 0 Å². The summed E-state index contributed by atoms with van der Waals surface area (Å²) in [6, 6.07) is 6.15. The van der Waals surface area contributed by atoms with E-state index in [9.17, 15) is 0 Å². The lowest BCUT2D eigenvalue weighted by Crippen LogP contribution is -2.27. The molecule has 1 fully saturated rings. The first-order chi connectivity index (χ1) is 9.88. The average Bonchev–Trinajstić information content (AvgIpc) is 2.53. The van der Waals surface area contributed by atoms with Crippen LogP contribution >= 0.6 is 0 Å². The molecule has 0 atom stereocenters. The highest BCUT2D eigenvalue weighted by Crippen LogP contribution is 2.29. The summed E-state index contributed by atoms with van der Waals surface area (Å²) in [7, 11) is 0. The lowest BCUT2D eigenvalue weighted by Gasteiger charge is -2.23. The van der Waals surface area contributed by atoms with E-state index in [0.717, 1.165) is 42.5 Å². The molecule has 0 radical (unpaired) electrons. The van der Waals surface area contributed by atoms with Crippen molar-refractivity contribution in [1.82, 2.24) is 15.3 Å². The van der Waals surface area contributed by atoms with Gasteiger partial charge in [0, 0.05) is 23.5 Å². The zero-order chi connectivity index (χ0) is 13.8. The van der Waals surface area contributed by atoms with E-state index in [1.165, 1.54) is 5.69 Å². The van der Waals surface area contributed by atoms with E-state index in [4.69, 9.17) is 5.11 Å². The highest BCUT2D eigenvalue weighted by Gasteiger charge is 2.19. The number of hydrogen-bond acceptors (Lipinski definition) is 5. The highest BCUT2D eigenvalue weighted by molar-refractivity contribution is 5.84. The minimum Gasteiger partial charge on any atom is -0.395 e. The predicted octanol–water partition coefficient (Wildman–Crippen LogP) is 1.50. The Labute approximate surface area is 118 Å². The Morgan fingerprint density at radius 1 is 1.25 bits per heavy atom. The van der Waals surface area contributed by atoms with Crippen LogP contribution in [-0.4, -0.2) is 41.3 Å². The number of nitrogens with zero attached hydrogens (tertiary/aromatic N) is 2. The average molecular weight is 272 g/mol. The van der Waals surface area contributed by atoms with Gasteiger partial charge >= 0.3 is 0 Å². The van der Waals surface area contributed by atoms with Crippen LogP contribution in [0.3, 0.4) is 0 Å². The van der Waals surface area contributed by atoms with Crippen molar-refractivity contribution in [3.05, 3.63) is 30.2 Å². The number of nitrogens with one attached hydrogen (secondary N) is 2. The normalized spacial score (nSPS) is 16.4. The Hall–Kier alpha value is -1.72. The van der Waals surface area contributed by atoms with Gasteiger partial charge in [-0.2, -0.15) is 0 Å². The van der Waals surface area contributed by atoms with Gasteiger partial charge < -0.3 is 15.7 Å². The molecule has 1 aliphatic heterocycles.